The van der Waals surface area contributed by atoms with Gasteiger partial charge in [0, 0.05) is 0 Å². The molecule has 5 N–H and O–H groups in total. The number of nitrogens with two attached hydrogens (primary N) is 2. The van der Waals surface area contributed by atoms with Crippen molar-refractivity contribution in [2.75, 3.05) is 0 Å². The summed E-state index contributed by atoms with van der Waals surface area (Å²) in [4.78, 5) is 8.22. The molecule has 0 aromatic heterocycles. The van der Waals surface area contributed by atoms with E-state index in [1.54, 1.807) is 0 Å². The van der Waals surface area contributed by atoms with Crippen molar-refractivity contribution in [3.63, 3.8) is 0 Å². The first-order valence-electron chi connectivity index (χ1n) is 1.30. The molecule has 0 aliphatic carbocycles. The Morgan fingerprint density at radius 2 is 1.60 bits per heavy atom. The molecule has 0 aromatic carbocycles. The Morgan fingerprint density at radius 3 is 1.60 bits per heavy atom. The quantitative estimate of drug-likeness (QED) is 0.317. The monoisotopic (exact) mass is 92.0 g/mol. The number of rotatable bonds is 0. The first-order valence-corrected chi connectivity index (χ1v) is 3.90. The van der Waals surface area contributed by atoms with E-state index in [0.717, 1.165) is 0 Å². The van der Waals surface area contributed by atoms with Crippen LogP contribution in [0, 0.1) is 0 Å². The first kappa shape index (κ1) is 5.10. The van der Waals surface area contributed by atoms with Gasteiger partial charge < -0.3 is 15.6 Å². The van der Waals surface area contributed by atoms with Crippen LogP contribution in [0.2, 0.25) is 6.55 Å². The van der Waals surface area contributed by atoms with E-state index in [2.05, 4.69) is 0 Å². The summed E-state index contributed by atoms with van der Waals surface area (Å²) in [5.74, 6) is 0. The van der Waals surface area contributed by atoms with Crippen LogP contribution >= 0.6 is 0 Å². The molecule has 0 radical (unpaired) electrons. The second-order valence-electron chi connectivity index (χ2n) is 1.23. The molecule has 0 fully saturated rings. The van der Waals surface area contributed by atoms with E-state index < -0.39 is 8.64 Å². The highest BCUT2D eigenvalue weighted by Gasteiger charge is 2.07. The average molecular weight is 92.2 g/mol. The molecular weight excluding hydrogens is 84.1 g/mol. The molecule has 5 heavy (non-hydrogen) atoms. The van der Waals surface area contributed by atoms with Crippen molar-refractivity contribution >= 4 is 8.64 Å². The topological polar surface area (TPSA) is 72.3 Å². The fourth-order valence-corrected chi connectivity index (χ4v) is 0. The van der Waals surface area contributed by atoms with Crippen molar-refractivity contribution in [1.29, 1.82) is 0 Å². The third-order valence-corrected chi connectivity index (χ3v) is 0. The Kier molecular flexibility index (Phi) is 1.08. The lowest BCUT2D eigenvalue weighted by atomic mass is 11.9. The third kappa shape index (κ3) is 1920. The van der Waals surface area contributed by atoms with E-state index in [0.29, 0.717) is 0 Å². The van der Waals surface area contributed by atoms with Gasteiger partial charge >= 0.3 is 8.64 Å². The zero-order chi connectivity index (χ0) is 4.50. The molecule has 0 rings (SSSR count). The highest BCUT2D eigenvalue weighted by molar-refractivity contribution is 6.64. The van der Waals surface area contributed by atoms with Crippen molar-refractivity contribution in [2.24, 2.45) is 10.8 Å². The van der Waals surface area contributed by atoms with Crippen LogP contribution in [0.15, 0.2) is 0 Å². The number of hydrogen-bond donors (Lipinski definition) is 3. The second-order valence-corrected chi connectivity index (χ2v) is 3.68. The van der Waals surface area contributed by atoms with Crippen LogP contribution in [0.3, 0.4) is 0 Å². The summed E-state index contributed by atoms with van der Waals surface area (Å²) < 4.78 is 0. The summed E-state index contributed by atoms with van der Waals surface area (Å²) in [5.41, 5.74) is 0. The van der Waals surface area contributed by atoms with Gasteiger partial charge in [-0.25, -0.2) is 0 Å². The zero-order valence-corrected chi connectivity index (χ0v) is 4.10. The Labute approximate surface area is 31.9 Å². The molecule has 0 aliphatic heterocycles. The fourth-order valence-electron chi connectivity index (χ4n) is 0. The minimum Gasteiger partial charge on any atom is -0.408 e. The molecular formula is CH8N2OSi. The Hall–Kier alpha value is 0.0969. The minimum absolute atomic E-state index is 1.44. The van der Waals surface area contributed by atoms with Crippen molar-refractivity contribution in [2.45, 2.75) is 6.55 Å². The largest absolute Gasteiger partial charge is 0.408 e. The highest BCUT2D eigenvalue weighted by atomic mass is 28.4. The van der Waals surface area contributed by atoms with Crippen LogP contribution in [0.1, 0.15) is 0 Å². The van der Waals surface area contributed by atoms with Crippen molar-refractivity contribution in [1.82, 2.24) is 0 Å². The molecule has 0 amide bonds. The predicted octanol–water partition coefficient (Wildman–Crippen LogP) is -1.54. The van der Waals surface area contributed by atoms with Gasteiger partial charge in [-0.2, -0.15) is 0 Å². The first-order chi connectivity index (χ1) is 2.00. The predicted molar refractivity (Wildman–Crippen MR) is 22.2 cm³/mol. The lowest BCUT2D eigenvalue weighted by Gasteiger charge is -1.99. The third-order valence-electron chi connectivity index (χ3n) is 0. The van der Waals surface area contributed by atoms with Gasteiger partial charge in [0.15, 0.2) is 0 Å². The van der Waals surface area contributed by atoms with Crippen LogP contribution in [0.4, 0.5) is 0 Å². The molecule has 0 atom stereocenters. The lowest BCUT2D eigenvalue weighted by Crippen LogP contribution is -2.52. The second kappa shape index (κ2) is 1.06. The Morgan fingerprint density at radius 1 is 1.60 bits per heavy atom. The van der Waals surface area contributed by atoms with Crippen molar-refractivity contribution < 1.29 is 4.80 Å². The fraction of sp³-hybridized carbons (Fsp3) is 1.00. The summed E-state index contributed by atoms with van der Waals surface area (Å²) in [5, 5.41) is 9.65. The molecule has 32 valence electrons. The van der Waals surface area contributed by atoms with Gasteiger partial charge in [0.1, 0.15) is 0 Å². The van der Waals surface area contributed by atoms with Gasteiger partial charge in [0.05, 0.1) is 0 Å². The standard InChI is InChI=1S/CH8N2OSi/c1-5(2,3)4/h4H,2-3H2,1H3. The molecule has 0 bridgehead atoms. The maximum Gasteiger partial charge on any atom is 0.340 e. The molecule has 0 heterocycles. The van der Waals surface area contributed by atoms with E-state index in [-0.39, 0.29) is 0 Å². The maximum absolute atomic E-state index is 8.22. The normalized spacial score (nSPS) is 12.0. The van der Waals surface area contributed by atoms with Gasteiger partial charge in [-0.05, 0) is 6.55 Å². The Bertz CT molecular complexity index is 25.1. The maximum atomic E-state index is 8.22. The summed E-state index contributed by atoms with van der Waals surface area (Å²) >= 11 is 0. The van der Waals surface area contributed by atoms with Gasteiger partial charge in [-0.3, -0.25) is 0 Å². The van der Waals surface area contributed by atoms with Crippen molar-refractivity contribution in [3.8, 4) is 0 Å². The summed E-state index contributed by atoms with van der Waals surface area (Å²) in [7, 11) is -2.61. The van der Waals surface area contributed by atoms with Crippen molar-refractivity contribution in [3.05, 3.63) is 0 Å². The zero-order valence-electron chi connectivity index (χ0n) is 3.10. The highest BCUT2D eigenvalue weighted by Crippen LogP contribution is 1.62. The van der Waals surface area contributed by atoms with Gasteiger partial charge in [-0.15, -0.1) is 0 Å². The molecule has 0 saturated heterocycles. The minimum atomic E-state index is -2.61. The molecule has 3 nitrogen and oxygen atoms in total. The molecule has 0 saturated carbocycles. The van der Waals surface area contributed by atoms with E-state index in [1.807, 2.05) is 0 Å². The van der Waals surface area contributed by atoms with Crippen LogP contribution in [-0.2, 0) is 0 Å². The molecule has 4 heteroatoms. The molecule has 0 aromatic rings. The summed E-state index contributed by atoms with van der Waals surface area (Å²) in [6.07, 6.45) is 0. The SMILES string of the molecule is C[Si](N)(N)O. The molecule has 0 aliphatic rings. The molecule has 0 unspecified atom stereocenters. The van der Waals surface area contributed by atoms with E-state index in [1.165, 1.54) is 6.55 Å². The van der Waals surface area contributed by atoms with E-state index in [9.17, 15) is 0 Å². The summed E-state index contributed by atoms with van der Waals surface area (Å²) in [6, 6.07) is 0. The number of hydrogen-bond acceptors (Lipinski definition) is 3. The van der Waals surface area contributed by atoms with Gasteiger partial charge in [0.25, 0.3) is 0 Å². The Balaban J connectivity index is 3.02. The van der Waals surface area contributed by atoms with Gasteiger partial charge in [-0.1, -0.05) is 0 Å². The van der Waals surface area contributed by atoms with Crippen LogP contribution in [0.25, 0.3) is 0 Å². The average Bonchev–Trinajstić information content (AvgIpc) is 0.722. The van der Waals surface area contributed by atoms with Crippen LogP contribution in [0.5, 0.6) is 0 Å². The van der Waals surface area contributed by atoms with Crippen LogP contribution in [-0.4, -0.2) is 13.4 Å². The lowest BCUT2D eigenvalue weighted by molar-refractivity contribution is 0.545. The summed E-state index contributed by atoms with van der Waals surface area (Å²) in [6.45, 7) is 1.44. The van der Waals surface area contributed by atoms with E-state index in [4.69, 9.17) is 15.6 Å². The smallest absolute Gasteiger partial charge is 0.340 e. The molecule has 0 spiro atoms. The van der Waals surface area contributed by atoms with E-state index >= 15 is 0 Å². The van der Waals surface area contributed by atoms with Gasteiger partial charge in [0.2, 0.25) is 0 Å². The van der Waals surface area contributed by atoms with Crippen LogP contribution < -0.4 is 10.8 Å².